The topological polar surface area (TPSA) is 29.9 Å². The molecule has 1 aromatic heterocycles. The number of hydrogen-bond acceptors (Lipinski definition) is 2. The smallest absolute Gasteiger partial charge is 0.0640 e. The molecule has 2 aliphatic carbocycles. The lowest BCUT2D eigenvalue weighted by Crippen LogP contribution is -2.28. The molecule has 100 valence electrons. The van der Waals surface area contributed by atoms with Gasteiger partial charge in [-0.25, -0.2) is 0 Å². The van der Waals surface area contributed by atoms with E-state index in [0.717, 1.165) is 12.3 Å². The molecule has 3 rings (SSSR count). The Balaban J connectivity index is 1.57. The fraction of sp³-hybridized carbons (Fsp3) is 0.800. The maximum Gasteiger partial charge on any atom is 0.0640 e. The van der Waals surface area contributed by atoms with Crippen LogP contribution in [0.2, 0.25) is 0 Å². The summed E-state index contributed by atoms with van der Waals surface area (Å²) in [5.41, 5.74) is 1.27. The van der Waals surface area contributed by atoms with Gasteiger partial charge in [0.15, 0.2) is 0 Å². The summed E-state index contributed by atoms with van der Waals surface area (Å²) in [6, 6.07) is 3.51. The average Bonchev–Trinajstić information content (AvgIpc) is 2.87. The predicted octanol–water partition coefficient (Wildman–Crippen LogP) is 2.93. The van der Waals surface area contributed by atoms with Gasteiger partial charge in [-0.1, -0.05) is 25.7 Å². The zero-order valence-corrected chi connectivity index (χ0v) is 11.4. The van der Waals surface area contributed by atoms with Crippen molar-refractivity contribution < 1.29 is 0 Å². The summed E-state index contributed by atoms with van der Waals surface area (Å²) in [5, 5.41) is 8.24. The average molecular weight is 247 g/mol. The first-order chi connectivity index (χ1) is 8.85. The van der Waals surface area contributed by atoms with Crippen LogP contribution in [0.4, 0.5) is 0 Å². The number of likely N-dealkylation sites (N-methyl/N-ethyl adjacent to an activating group) is 1. The van der Waals surface area contributed by atoms with Crippen molar-refractivity contribution in [3.8, 4) is 0 Å². The van der Waals surface area contributed by atoms with Crippen molar-refractivity contribution in [1.82, 2.24) is 15.1 Å². The number of hydrogen-bond donors (Lipinski definition) is 1. The van der Waals surface area contributed by atoms with Gasteiger partial charge >= 0.3 is 0 Å². The lowest BCUT2D eigenvalue weighted by molar-refractivity contribution is 0.450. The quantitative estimate of drug-likeness (QED) is 0.837. The molecule has 0 aliphatic heterocycles. The number of nitrogens with zero attached hydrogens (tertiary/aromatic N) is 2. The van der Waals surface area contributed by atoms with Crippen LogP contribution in [0.5, 0.6) is 0 Å². The second-order valence-corrected chi connectivity index (χ2v) is 6.09. The van der Waals surface area contributed by atoms with E-state index in [4.69, 9.17) is 5.10 Å². The van der Waals surface area contributed by atoms with Crippen molar-refractivity contribution in [1.29, 1.82) is 0 Å². The molecule has 18 heavy (non-hydrogen) atoms. The standard InChI is InChI=1S/C15H25N3/c1-16-14(10-12-6-7-12)11-13-8-9-18(17-13)15-4-2-3-5-15/h8-9,12,14-16H,2-7,10-11H2,1H3. The normalized spacial score (nSPS) is 22.5. The Morgan fingerprint density at radius 3 is 2.78 bits per heavy atom. The van der Waals surface area contributed by atoms with E-state index in [2.05, 4.69) is 29.3 Å². The fourth-order valence-corrected chi connectivity index (χ4v) is 3.17. The molecule has 1 N–H and O–H groups in total. The third-order valence-corrected chi connectivity index (χ3v) is 4.54. The zero-order chi connectivity index (χ0) is 12.4. The van der Waals surface area contributed by atoms with Gasteiger partial charge in [-0.15, -0.1) is 0 Å². The van der Waals surface area contributed by atoms with Crippen LogP contribution in [-0.2, 0) is 6.42 Å². The Bertz CT molecular complexity index is 375. The summed E-state index contributed by atoms with van der Waals surface area (Å²) in [6.45, 7) is 0. The maximum absolute atomic E-state index is 4.78. The molecule has 2 fully saturated rings. The van der Waals surface area contributed by atoms with E-state index in [-0.39, 0.29) is 0 Å². The summed E-state index contributed by atoms with van der Waals surface area (Å²) in [4.78, 5) is 0. The van der Waals surface area contributed by atoms with Crippen molar-refractivity contribution >= 4 is 0 Å². The van der Waals surface area contributed by atoms with Crippen molar-refractivity contribution in [2.45, 2.75) is 63.5 Å². The Morgan fingerprint density at radius 2 is 2.11 bits per heavy atom. The Hall–Kier alpha value is -0.830. The van der Waals surface area contributed by atoms with Gasteiger partial charge in [0.05, 0.1) is 11.7 Å². The fourth-order valence-electron chi connectivity index (χ4n) is 3.17. The van der Waals surface area contributed by atoms with Crippen LogP contribution in [0, 0.1) is 5.92 Å². The molecule has 2 aliphatic rings. The monoisotopic (exact) mass is 247 g/mol. The number of aromatic nitrogens is 2. The van der Waals surface area contributed by atoms with Crippen molar-refractivity contribution in [2.24, 2.45) is 5.92 Å². The van der Waals surface area contributed by atoms with Crippen molar-refractivity contribution in [3.63, 3.8) is 0 Å². The minimum absolute atomic E-state index is 0.615. The van der Waals surface area contributed by atoms with Crippen LogP contribution in [0.25, 0.3) is 0 Å². The lowest BCUT2D eigenvalue weighted by atomic mass is 10.1. The van der Waals surface area contributed by atoms with E-state index in [1.54, 1.807) is 0 Å². The van der Waals surface area contributed by atoms with Crippen LogP contribution < -0.4 is 5.32 Å². The summed E-state index contributed by atoms with van der Waals surface area (Å²) >= 11 is 0. The molecule has 3 heteroatoms. The Kier molecular flexibility index (Phi) is 3.69. The summed E-state index contributed by atoms with van der Waals surface area (Å²) in [7, 11) is 2.08. The Morgan fingerprint density at radius 1 is 1.33 bits per heavy atom. The number of nitrogens with one attached hydrogen (secondary N) is 1. The van der Waals surface area contributed by atoms with Crippen molar-refractivity contribution in [2.75, 3.05) is 7.05 Å². The van der Waals surface area contributed by atoms with Gasteiger partial charge in [0, 0.05) is 18.7 Å². The largest absolute Gasteiger partial charge is 0.317 e. The molecule has 0 saturated heterocycles. The summed E-state index contributed by atoms with van der Waals surface area (Å²) in [6.07, 6.45) is 12.9. The molecular weight excluding hydrogens is 222 g/mol. The molecule has 1 atom stereocenters. The van der Waals surface area contributed by atoms with Gasteiger partial charge in [0.2, 0.25) is 0 Å². The van der Waals surface area contributed by atoms with Gasteiger partial charge < -0.3 is 5.32 Å². The van der Waals surface area contributed by atoms with Crippen LogP contribution in [0.15, 0.2) is 12.3 Å². The van der Waals surface area contributed by atoms with Gasteiger partial charge in [0.1, 0.15) is 0 Å². The second kappa shape index (κ2) is 5.43. The zero-order valence-electron chi connectivity index (χ0n) is 11.4. The first-order valence-electron chi connectivity index (χ1n) is 7.56. The molecular formula is C15H25N3. The van der Waals surface area contributed by atoms with Gasteiger partial charge in [0.25, 0.3) is 0 Å². The van der Waals surface area contributed by atoms with Gasteiger partial charge in [-0.3, -0.25) is 4.68 Å². The summed E-state index contributed by atoms with van der Waals surface area (Å²) < 4.78 is 2.21. The minimum atomic E-state index is 0.615. The lowest BCUT2D eigenvalue weighted by Gasteiger charge is -2.14. The molecule has 0 spiro atoms. The van der Waals surface area contributed by atoms with Gasteiger partial charge in [-0.2, -0.15) is 5.10 Å². The highest BCUT2D eigenvalue weighted by Crippen LogP contribution is 2.34. The molecule has 0 radical (unpaired) electrons. The van der Waals surface area contributed by atoms with Gasteiger partial charge in [-0.05, 0) is 38.3 Å². The van der Waals surface area contributed by atoms with E-state index < -0.39 is 0 Å². The highest BCUT2D eigenvalue weighted by atomic mass is 15.3. The predicted molar refractivity (Wildman–Crippen MR) is 73.6 cm³/mol. The molecule has 3 nitrogen and oxygen atoms in total. The molecule has 0 bridgehead atoms. The van der Waals surface area contributed by atoms with E-state index in [1.807, 2.05) is 0 Å². The maximum atomic E-state index is 4.78. The SMILES string of the molecule is CNC(Cc1ccn(C2CCCC2)n1)CC1CC1. The molecule has 1 aromatic rings. The Labute approximate surface area is 110 Å². The minimum Gasteiger partial charge on any atom is -0.317 e. The molecule has 1 heterocycles. The summed E-state index contributed by atoms with van der Waals surface area (Å²) in [5.74, 6) is 0.986. The number of rotatable bonds is 6. The highest BCUT2D eigenvalue weighted by Gasteiger charge is 2.25. The van der Waals surface area contributed by atoms with Crippen LogP contribution in [-0.4, -0.2) is 22.9 Å². The molecule has 2 saturated carbocycles. The molecule has 0 amide bonds. The first-order valence-corrected chi connectivity index (χ1v) is 7.56. The van der Waals surface area contributed by atoms with E-state index in [9.17, 15) is 0 Å². The third kappa shape index (κ3) is 2.94. The van der Waals surface area contributed by atoms with E-state index >= 15 is 0 Å². The van der Waals surface area contributed by atoms with E-state index in [1.165, 1.54) is 50.6 Å². The molecule has 0 aromatic carbocycles. The second-order valence-electron chi connectivity index (χ2n) is 6.09. The van der Waals surface area contributed by atoms with Crippen LogP contribution >= 0.6 is 0 Å². The van der Waals surface area contributed by atoms with Crippen LogP contribution in [0.3, 0.4) is 0 Å². The third-order valence-electron chi connectivity index (χ3n) is 4.54. The highest BCUT2D eigenvalue weighted by molar-refractivity contribution is 5.03. The van der Waals surface area contributed by atoms with Crippen LogP contribution in [0.1, 0.15) is 56.7 Å². The van der Waals surface area contributed by atoms with E-state index in [0.29, 0.717) is 12.1 Å². The van der Waals surface area contributed by atoms with Crippen molar-refractivity contribution in [3.05, 3.63) is 18.0 Å². The molecule has 1 unspecified atom stereocenters. The first kappa shape index (κ1) is 12.2.